The van der Waals surface area contributed by atoms with Crippen molar-refractivity contribution in [3.8, 4) is 0 Å². The molecule has 0 radical (unpaired) electrons. The summed E-state index contributed by atoms with van der Waals surface area (Å²) in [5, 5.41) is 0. The lowest BCUT2D eigenvalue weighted by atomic mass is 10.0. The number of aldehydes is 1. The number of aromatic nitrogens is 2. The molecule has 78 valence electrons. The molecular weight excluding hydrogens is 190 g/mol. The van der Waals surface area contributed by atoms with Crippen molar-refractivity contribution < 1.29 is 4.79 Å². The monoisotopic (exact) mass is 203 g/mol. The van der Waals surface area contributed by atoms with Crippen LogP contribution >= 0.6 is 0 Å². The second-order valence-electron chi connectivity index (χ2n) is 4.30. The molecule has 0 aromatic carbocycles. The zero-order chi connectivity index (χ0) is 10.3. The Labute approximate surface area is 88.3 Å². The third-order valence-corrected chi connectivity index (χ3v) is 3.48. The molecule has 4 nitrogen and oxygen atoms in total. The van der Waals surface area contributed by atoms with Gasteiger partial charge in [-0.05, 0) is 25.7 Å². The van der Waals surface area contributed by atoms with Gasteiger partial charge in [-0.2, -0.15) is 0 Å². The molecule has 3 heterocycles. The molecule has 1 aromatic heterocycles. The van der Waals surface area contributed by atoms with Crippen molar-refractivity contribution in [3.05, 3.63) is 18.0 Å². The van der Waals surface area contributed by atoms with Crippen LogP contribution in [0.5, 0.6) is 0 Å². The molecule has 3 rings (SSSR count). The fraction of sp³-hybridized carbons (Fsp3) is 0.545. The molecule has 2 bridgehead atoms. The van der Waals surface area contributed by atoms with Crippen LogP contribution < -0.4 is 4.90 Å². The molecule has 2 aliphatic heterocycles. The van der Waals surface area contributed by atoms with Crippen LogP contribution in [0.15, 0.2) is 12.4 Å². The molecule has 0 N–H and O–H groups in total. The molecule has 1 aromatic rings. The fourth-order valence-corrected chi connectivity index (χ4v) is 2.76. The van der Waals surface area contributed by atoms with E-state index in [0.29, 0.717) is 17.6 Å². The van der Waals surface area contributed by atoms with Crippen LogP contribution in [0.4, 0.5) is 5.95 Å². The van der Waals surface area contributed by atoms with Gasteiger partial charge < -0.3 is 4.90 Å². The molecular formula is C11H13N3O. The highest BCUT2D eigenvalue weighted by atomic mass is 16.1. The molecule has 2 aliphatic rings. The van der Waals surface area contributed by atoms with Gasteiger partial charge in [0.05, 0.1) is 5.56 Å². The van der Waals surface area contributed by atoms with Gasteiger partial charge in [-0.1, -0.05) is 0 Å². The number of carbonyl (C=O) groups is 1. The van der Waals surface area contributed by atoms with E-state index in [1.807, 2.05) is 0 Å². The molecule has 2 saturated heterocycles. The number of anilines is 1. The van der Waals surface area contributed by atoms with Crippen molar-refractivity contribution >= 4 is 12.2 Å². The highest BCUT2D eigenvalue weighted by molar-refractivity contribution is 5.73. The third-order valence-electron chi connectivity index (χ3n) is 3.48. The molecule has 4 heteroatoms. The van der Waals surface area contributed by atoms with E-state index in [-0.39, 0.29) is 0 Å². The van der Waals surface area contributed by atoms with Gasteiger partial charge in [0.15, 0.2) is 6.29 Å². The molecule has 0 saturated carbocycles. The first-order valence-electron chi connectivity index (χ1n) is 5.44. The lowest BCUT2D eigenvalue weighted by Gasteiger charge is -2.21. The second-order valence-corrected chi connectivity index (χ2v) is 4.30. The van der Waals surface area contributed by atoms with Gasteiger partial charge in [0.1, 0.15) is 0 Å². The largest absolute Gasteiger partial charge is 0.335 e. The molecule has 0 spiro atoms. The summed E-state index contributed by atoms with van der Waals surface area (Å²) in [4.78, 5) is 21.3. The first-order valence-corrected chi connectivity index (χ1v) is 5.44. The average Bonchev–Trinajstić information content (AvgIpc) is 2.89. The van der Waals surface area contributed by atoms with Gasteiger partial charge in [0.2, 0.25) is 5.95 Å². The summed E-state index contributed by atoms with van der Waals surface area (Å²) in [7, 11) is 0. The molecule has 2 fully saturated rings. The van der Waals surface area contributed by atoms with Crippen molar-refractivity contribution in [1.82, 2.24) is 9.97 Å². The standard InChI is InChI=1S/C11H13N3O/c15-7-8-5-12-11(13-6-8)14-9-1-2-10(14)4-3-9/h5-7,9-10H,1-4H2. The summed E-state index contributed by atoms with van der Waals surface area (Å²) in [6.45, 7) is 0. The van der Waals surface area contributed by atoms with E-state index in [1.54, 1.807) is 12.4 Å². The van der Waals surface area contributed by atoms with E-state index in [9.17, 15) is 4.79 Å². The Morgan fingerprint density at radius 2 is 1.67 bits per heavy atom. The number of nitrogens with zero attached hydrogens (tertiary/aromatic N) is 3. The van der Waals surface area contributed by atoms with Crippen LogP contribution in [-0.2, 0) is 0 Å². The summed E-state index contributed by atoms with van der Waals surface area (Å²) < 4.78 is 0. The Morgan fingerprint density at radius 3 is 2.13 bits per heavy atom. The number of rotatable bonds is 2. The van der Waals surface area contributed by atoms with Gasteiger partial charge >= 0.3 is 0 Å². The number of hydrogen-bond acceptors (Lipinski definition) is 4. The van der Waals surface area contributed by atoms with Crippen LogP contribution in [0.25, 0.3) is 0 Å². The number of fused-ring (bicyclic) bond motifs is 2. The minimum absolute atomic E-state index is 0.547. The molecule has 0 unspecified atom stereocenters. The lowest BCUT2D eigenvalue weighted by Crippen LogP contribution is -2.29. The van der Waals surface area contributed by atoms with Gasteiger partial charge in [-0.15, -0.1) is 0 Å². The van der Waals surface area contributed by atoms with Crippen molar-refractivity contribution in [3.63, 3.8) is 0 Å². The van der Waals surface area contributed by atoms with E-state index in [1.165, 1.54) is 25.7 Å². The SMILES string of the molecule is O=Cc1cnc(N2C3CCC2CC3)nc1. The van der Waals surface area contributed by atoms with Crippen LogP contribution in [0, 0.1) is 0 Å². The molecule has 0 atom stereocenters. The maximum Gasteiger partial charge on any atom is 0.225 e. The van der Waals surface area contributed by atoms with Crippen molar-refractivity contribution in [2.75, 3.05) is 4.90 Å². The lowest BCUT2D eigenvalue weighted by molar-refractivity contribution is 0.112. The molecule has 0 aliphatic carbocycles. The minimum Gasteiger partial charge on any atom is -0.335 e. The Balaban J connectivity index is 1.89. The smallest absolute Gasteiger partial charge is 0.225 e. The zero-order valence-electron chi connectivity index (χ0n) is 8.47. The van der Waals surface area contributed by atoms with Gasteiger partial charge in [-0.3, -0.25) is 4.79 Å². The maximum atomic E-state index is 10.5. The van der Waals surface area contributed by atoms with E-state index in [2.05, 4.69) is 14.9 Å². The van der Waals surface area contributed by atoms with Crippen LogP contribution in [0.1, 0.15) is 36.0 Å². The van der Waals surface area contributed by atoms with E-state index < -0.39 is 0 Å². The molecule has 15 heavy (non-hydrogen) atoms. The summed E-state index contributed by atoms with van der Waals surface area (Å²) >= 11 is 0. The van der Waals surface area contributed by atoms with Crippen LogP contribution in [0.2, 0.25) is 0 Å². The average molecular weight is 203 g/mol. The highest BCUT2D eigenvalue weighted by Gasteiger charge is 2.40. The summed E-state index contributed by atoms with van der Waals surface area (Å²) in [5.41, 5.74) is 0.547. The first kappa shape index (κ1) is 8.83. The van der Waals surface area contributed by atoms with E-state index >= 15 is 0 Å². The summed E-state index contributed by atoms with van der Waals surface area (Å²) in [5.74, 6) is 0.797. The topological polar surface area (TPSA) is 46.1 Å². The predicted molar refractivity (Wildman–Crippen MR) is 55.9 cm³/mol. The third kappa shape index (κ3) is 1.32. The van der Waals surface area contributed by atoms with E-state index in [0.717, 1.165) is 12.2 Å². The Bertz CT molecular complexity index is 356. The van der Waals surface area contributed by atoms with Crippen molar-refractivity contribution in [2.45, 2.75) is 37.8 Å². The Kier molecular flexibility index (Phi) is 1.94. The Morgan fingerprint density at radius 1 is 1.13 bits per heavy atom. The number of carbonyl (C=O) groups excluding carboxylic acids is 1. The van der Waals surface area contributed by atoms with Crippen LogP contribution in [-0.4, -0.2) is 28.3 Å². The first-order chi connectivity index (χ1) is 7.38. The fourth-order valence-electron chi connectivity index (χ4n) is 2.76. The molecule has 0 amide bonds. The van der Waals surface area contributed by atoms with Gasteiger partial charge in [0.25, 0.3) is 0 Å². The van der Waals surface area contributed by atoms with E-state index in [4.69, 9.17) is 0 Å². The van der Waals surface area contributed by atoms with Crippen molar-refractivity contribution in [1.29, 1.82) is 0 Å². The minimum atomic E-state index is 0.547. The summed E-state index contributed by atoms with van der Waals surface area (Å²) in [6.07, 6.45) is 9.06. The van der Waals surface area contributed by atoms with Crippen LogP contribution in [0.3, 0.4) is 0 Å². The van der Waals surface area contributed by atoms with Gasteiger partial charge in [0, 0.05) is 24.5 Å². The maximum absolute atomic E-state index is 10.5. The number of hydrogen-bond donors (Lipinski definition) is 0. The van der Waals surface area contributed by atoms with Crippen molar-refractivity contribution in [2.24, 2.45) is 0 Å². The quantitative estimate of drug-likeness (QED) is 0.682. The predicted octanol–water partition coefficient (Wildman–Crippen LogP) is 1.42. The van der Waals surface area contributed by atoms with Gasteiger partial charge in [-0.25, -0.2) is 9.97 Å². The zero-order valence-corrected chi connectivity index (χ0v) is 8.47. The summed E-state index contributed by atoms with van der Waals surface area (Å²) in [6, 6.07) is 1.27. The highest BCUT2D eigenvalue weighted by Crippen LogP contribution is 2.39. The Hall–Kier alpha value is -1.45. The normalized spacial score (nSPS) is 28.4. The second kappa shape index (κ2) is 3.29.